The molecule has 29 heavy (non-hydrogen) atoms. The predicted octanol–water partition coefficient (Wildman–Crippen LogP) is 3.18. The van der Waals surface area contributed by atoms with Crippen LogP contribution >= 0.6 is 0 Å². The maximum atomic E-state index is 12.2. The van der Waals surface area contributed by atoms with Gasteiger partial charge in [-0.1, -0.05) is 50.6 Å². The van der Waals surface area contributed by atoms with Crippen LogP contribution in [0.5, 0.6) is 0 Å². The number of nitrogens with one attached hydrogen (secondary N) is 3. The summed E-state index contributed by atoms with van der Waals surface area (Å²) in [6, 6.07) is 12.9. The van der Waals surface area contributed by atoms with Gasteiger partial charge in [0, 0.05) is 24.1 Å². The number of carbonyl (C=O) groups is 3. The van der Waals surface area contributed by atoms with E-state index in [9.17, 15) is 14.4 Å². The third kappa shape index (κ3) is 6.45. The van der Waals surface area contributed by atoms with E-state index in [0.29, 0.717) is 11.1 Å². The summed E-state index contributed by atoms with van der Waals surface area (Å²) in [7, 11) is 0. The molecule has 0 saturated heterocycles. The second-order valence-electron chi connectivity index (χ2n) is 8.15. The molecule has 2 aromatic rings. The maximum absolute atomic E-state index is 12.2. The van der Waals surface area contributed by atoms with E-state index in [-0.39, 0.29) is 36.1 Å². The minimum atomic E-state index is -0.383. The van der Waals surface area contributed by atoms with Crippen LogP contribution in [0.25, 0.3) is 0 Å². The molecule has 6 heteroatoms. The molecule has 3 N–H and O–H groups in total. The monoisotopic (exact) mass is 395 g/mol. The van der Waals surface area contributed by atoms with Crippen molar-refractivity contribution < 1.29 is 14.4 Å². The number of hydrogen-bond donors (Lipinski definition) is 3. The Morgan fingerprint density at radius 1 is 0.862 bits per heavy atom. The lowest BCUT2D eigenvalue weighted by Crippen LogP contribution is -2.43. The average Bonchev–Trinajstić information content (AvgIpc) is 2.65. The molecule has 0 aromatic heterocycles. The van der Waals surface area contributed by atoms with Crippen molar-refractivity contribution in [3.05, 3.63) is 70.3 Å². The van der Waals surface area contributed by atoms with Crippen LogP contribution in [0, 0.1) is 13.8 Å². The summed E-state index contributed by atoms with van der Waals surface area (Å²) in [6.45, 7) is 10.3. The zero-order chi connectivity index (χ0) is 21.6. The molecule has 0 aliphatic rings. The summed E-state index contributed by atoms with van der Waals surface area (Å²) in [5, 5.41) is 2.71. The van der Waals surface area contributed by atoms with Crippen LogP contribution < -0.4 is 16.2 Å². The van der Waals surface area contributed by atoms with Gasteiger partial charge in [-0.25, -0.2) is 0 Å². The Morgan fingerprint density at radius 2 is 1.52 bits per heavy atom. The van der Waals surface area contributed by atoms with Gasteiger partial charge in [0.05, 0.1) is 0 Å². The number of aryl methyl sites for hydroxylation is 2. The molecule has 0 saturated carbocycles. The highest BCUT2D eigenvalue weighted by atomic mass is 16.2. The summed E-state index contributed by atoms with van der Waals surface area (Å²) in [6.07, 6.45) is 0.0545. The molecule has 154 valence electrons. The molecular formula is C23H29N3O3. The minimum Gasteiger partial charge on any atom is -0.352 e. The van der Waals surface area contributed by atoms with Crippen molar-refractivity contribution >= 4 is 17.7 Å². The fourth-order valence-electron chi connectivity index (χ4n) is 2.84. The lowest BCUT2D eigenvalue weighted by atomic mass is 9.87. The lowest BCUT2D eigenvalue weighted by Gasteiger charge is -2.19. The van der Waals surface area contributed by atoms with Crippen molar-refractivity contribution in [2.75, 3.05) is 6.54 Å². The zero-order valence-electron chi connectivity index (χ0n) is 17.7. The summed E-state index contributed by atoms with van der Waals surface area (Å²) >= 11 is 0. The zero-order valence-corrected chi connectivity index (χ0v) is 17.7. The number of hydrogen-bond acceptors (Lipinski definition) is 3. The molecular weight excluding hydrogens is 366 g/mol. The van der Waals surface area contributed by atoms with Gasteiger partial charge < -0.3 is 5.32 Å². The fraction of sp³-hybridized carbons (Fsp3) is 0.348. The van der Waals surface area contributed by atoms with Crippen LogP contribution in [-0.2, 0) is 10.2 Å². The summed E-state index contributed by atoms with van der Waals surface area (Å²) < 4.78 is 0. The van der Waals surface area contributed by atoms with Crippen LogP contribution in [0.1, 0.15) is 64.6 Å². The van der Waals surface area contributed by atoms with Gasteiger partial charge in [0.2, 0.25) is 5.91 Å². The number of amides is 3. The van der Waals surface area contributed by atoms with Crippen LogP contribution in [0.3, 0.4) is 0 Å². The highest BCUT2D eigenvalue weighted by molar-refractivity contribution is 5.97. The van der Waals surface area contributed by atoms with Gasteiger partial charge in [-0.3, -0.25) is 25.2 Å². The van der Waals surface area contributed by atoms with Crippen molar-refractivity contribution in [1.29, 1.82) is 0 Å². The summed E-state index contributed by atoms with van der Waals surface area (Å²) in [5.74, 6) is -0.997. The standard InChI is InChI=1S/C23H29N3O3/c1-15-6-11-19(16(2)14-15)22(29)26-25-20(27)12-13-24-21(28)17-7-9-18(10-8-17)23(3,4)5/h6-11,14H,12-13H2,1-5H3,(H,24,28)(H,25,27)(H,26,29). The van der Waals surface area contributed by atoms with Crippen molar-refractivity contribution in [2.24, 2.45) is 0 Å². The molecule has 0 spiro atoms. The molecule has 3 amide bonds. The smallest absolute Gasteiger partial charge is 0.269 e. The third-order valence-corrected chi connectivity index (χ3v) is 4.59. The van der Waals surface area contributed by atoms with Crippen molar-refractivity contribution in [3.8, 4) is 0 Å². The van der Waals surface area contributed by atoms with Crippen molar-refractivity contribution in [2.45, 2.75) is 46.5 Å². The van der Waals surface area contributed by atoms with E-state index >= 15 is 0 Å². The van der Waals surface area contributed by atoms with Crippen LogP contribution in [0.15, 0.2) is 42.5 Å². The summed E-state index contributed by atoms with van der Waals surface area (Å²) in [4.78, 5) is 36.3. The Bertz CT molecular complexity index is 897. The quantitative estimate of drug-likeness (QED) is 0.680. The first-order valence-corrected chi connectivity index (χ1v) is 9.63. The van der Waals surface area contributed by atoms with Crippen LogP contribution in [0.2, 0.25) is 0 Å². The molecule has 0 aliphatic heterocycles. The number of rotatable bonds is 5. The Kier molecular flexibility index (Phi) is 7.15. The Balaban J connectivity index is 1.76. The van der Waals surface area contributed by atoms with Gasteiger partial charge in [-0.15, -0.1) is 0 Å². The molecule has 0 unspecified atom stereocenters. The second-order valence-corrected chi connectivity index (χ2v) is 8.15. The van der Waals surface area contributed by atoms with E-state index in [0.717, 1.165) is 16.7 Å². The van der Waals surface area contributed by atoms with E-state index in [1.807, 2.05) is 38.1 Å². The molecule has 6 nitrogen and oxygen atoms in total. The first-order chi connectivity index (χ1) is 13.6. The Labute approximate surface area is 172 Å². The van der Waals surface area contributed by atoms with E-state index in [1.54, 1.807) is 18.2 Å². The van der Waals surface area contributed by atoms with Crippen LogP contribution in [0.4, 0.5) is 0 Å². The summed E-state index contributed by atoms with van der Waals surface area (Å²) in [5.41, 5.74) is 8.88. The normalized spacial score (nSPS) is 10.9. The molecule has 0 fully saturated rings. The lowest BCUT2D eigenvalue weighted by molar-refractivity contribution is -0.121. The Hall–Kier alpha value is -3.15. The van der Waals surface area contributed by atoms with Gasteiger partial charge in [0.25, 0.3) is 11.8 Å². The van der Waals surface area contributed by atoms with Gasteiger partial charge in [-0.05, 0) is 48.6 Å². The number of carbonyl (C=O) groups excluding carboxylic acids is 3. The minimum absolute atomic E-state index is 0.0225. The largest absolute Gasteiger partial charge is 0.352 e. The average molecular weight is 396 g/mol. The molecule has 0 aliphatic carbocycles. The van der Waals surface area contributed by atoms with Gasteiger partial charge in [0.1, 0.15) is 0 Å². The van der Waals surface area contributed by atoms with Gasteiger partial charge >= 0.3 is 0 Å². The second kappa shape index (κ2) is 9.37. The fourth-order valence-corrected chi connectivity index (χ4v) is 2.84. The first-order valence-electron chi connectivity index (χ1n) is 9.63. The molecule has 0 atom stereocenters. The Morgan fingerprint density at radius 3 is 2.10 bits per heavy atom. The highest BCUT2D eigenvalue weighted by Crippen LogP contribution is 2.22. The van der Waals surface area contributed by atoms with Gasteiger partial charge in [0.15, 0.2) is 0 Å². The highest BCUT2D eigenvalue weighted by Gasteiger charge is 2.14. The van der Waals surface area contributed by atoms with Gasteiger partial charge in [-0.2, -0.15) is 0 Å². The van der Waals surface area contributed by atoms with Crippen molar-refractivity contribution in [1.82, 2.24) is 16.2 Å². The maximum Gasteiger partial charge on any atom is 0.269 e. The topological polar surface area (TPSA) is 87.3 Å². The number of benzene rings is 2. The van der Waals surface area contributed by atoms with Crippen LogP contribution in [-0.4, -0.2) is 24.3 Å². The molecule has 0 heterocycles. The third-order valence-electron chi connectivity index (χ3n) is 4.59. The van der Waals surface area contributed by atoms with Crippen molar-refractivity contribution in [3.63, 3.8) is 0 Å². The molecule has 2 aromatic carbocycles. The van der Waals surface area contributed by atoms with E-state index < -0.39 is 0 Å². The van der Waals surface area contributed by atoms with E-state index in [4.69, 9.17) is 0 Å². The first kappa shape index (κ1) is 22.1. The number of hydrazine groups is 1. The molecule has 0 bridgehead atoms. The van der Waals surface area contributed by atoms with E-state index in [2.05, 4.69) is 36.9 Å². The van der Waals surface area contributed by atoms with E-state index in [1.165, 1.54) is 0 Å². The molecule has 0 radical (unpaired) electrons. The molecule has 2 rings (SSSR count). The SMILES string of the molecule is Cc1ccc(C(=O)NNC(=O)CCNC(=O)c2ccc(C(C)(C)C)cc2)c(C)c1. The predicted molar refractivity (Wildman–Crippen MR) is 114 cm³/mol.